The molecule has 0 saturated carbocycles. The summed E-state index contributed by atoms with van der Waals surface area (Å²) < 4.78 is 5.83. The molecule has 130 valence electrons. The first kappa shape index (κ1) is 16.4. The number of rotatable bonds is 7. The van der Waals surface area contributed by atoms with Gasteiger partial charge in [0.2, 0.25) is 0 Å². The molecule has 0 bridgehead atoms. The van der Waals surface area contributed by atoms with E-state index in [4.69, 9.17) is 4.74 Å². The second kappa shape index (κ2) is 7.45. The molecule has 1 aliphatic carbocycles. The second-order valence-corrected chi connectivity index (χ2v) is 7.03. The molecule has 2 aromatic carbocycles. The SMILES string of the molecule is CCCCNCCC1=C(c2ccccc2)Cc2ccc3c(c21)CCO3. The smallest absolute Gasteiger partial charge is 0.123 e. The summed E-state index contributed by atoms with van der Waals surface area (Å²) in [6.07, 6.45) is 5.70. The Hall–Kier alpha value is -2.06. The summed E-state index contributed by atoms with van der Waals surface area (Å²) in [5.74, 6) is 1.10. The van der Waals surface area contributed by atoms with Crippen molar-refractivity contribution in [3.8, 4) is 5.75 Å². The maximum atomic E-state index is 5.83. The van der Waals surface area contributed by atoms with Gasteiger partial charge < -0.3 is 10.1 Å². The topological polar surface area (TPSA) is 21.3 Å². The highest BCUT2D eigenvalue weighted by Crippen LogP contribution is 2.45. The van der Waals surface area contributed by atoms with Gasteiger partial charge in [-0.25, -0.2) is 0 Å². The van der Waals surface area contributed by atoms with Crippen LogP contribution in [0.25, 0.3) is 11.1 Å². The molecular formula is C23H27NO. The van der Waals surface area contributed by atoms with E-state index >= 15 is 0 Å². The van der Waals surface area contributed by atoms with Gasteiger partial charge in [0, 0.05) is 12.0 Å². The first-order valence-corrected chi connectivity index (χ1v) is 9.64. The van der Waals surface area contributed by atoms with E-state index in [1.54, 1.807) is 0 Å². The van der Waals surface area contributed by atoms with Crippen LogP contribution in [0.5, 0.6) is 5.75 Å². The Morgan fingerprint density at radius 2 is 1.92 bits per heavy atom. The molecule has 0 spiro atoms. The van der Waals surface area contributed by atoms with Gasteiger partial charge >= 0.3 is 0 Å². The number of hydrogen-bond acceptors (Lipinski definition) is 2. The minimum absolute atomic E-state index is 0.828. The van der Waals surface area contributed by atoms with Crippen molar-refractivity contribution in [1.29, 1.82) is 0 Å². The van der Waals surface area contributed by atoms with E-state index in [0.717, 1.165) is 44.7 Å². The summed E-state index contributed by atoms with van der Waals surface area (Å²) in [6.45, 7) is 5.24. The van der Waals surface area contributed by atoms with Crippen molar-refractivity contribution in [3.05, 3.63) is 64.7 Å². The molecule has 1 heterocycles. The molecule has 0 aromatic heterocycles. The lowest BCUT2D eigenvalue weighted by atomic mass is 9.94. The van der Waals surface area contributed by atoms with Crippen LogP contribution in [0.3, 0.4) is 0 Å². The fourth-order valence-electron chi connectivity index (χ4n) is 4.13. The zero-order valence-electron chi connectivity index (χ0n) is 15.1. The van der Waals surface area contributed by atoms with Gasteiger partial charge in [-0.3, -0.25) is 0 Å². The summed E-state index contributed by atoms with van der Waals surface area (Å²) in [7, 11) is 0. The predicted molar refractivity (Wildman–Crippen MR) is 105 cm³/mol. The summed E-state index contributed by atoms with van der Waals surface area (Å²) in [5.41, 5.74) is 8.82. The molecule has 2 nitrogen and oxygen atoms in total. The molecule has 2 heteroatoms. The first-order valence-electron chi connectivity index (χ1n) is 9.64. The van der Waals surface area contributed by atoms with Crippen molar-refractivity contribution in [3.63, 3.8) is 0 Å². The summed E-state index contributed by atoms with van der Waals surface area (Å²) in [4.78, 5) is 0. The Labute approximate surface area is 150 Å². The largest absolute Gasteiger partial charge is 0.493 e. The molecule has 0 amide bonds. The van der Waals surface area contributed by atoms with Crippen LogP contribution in [0.15, 0.2) is 42.5 Å². The van der Waals surface area contributed by atoms with Crippen molar-refractivity contribution >= 4 is 11.1 Å². The van der Waals surface area contributed by atoms with Gasteiger partial charge in [0.25, 0.3) is 0 Å². The predicted octanol–water partition coefficient (Wildman–Crippen LogP) is 4.87. The second-order valence-electron chi connectivity index (χ2n) is 7.03. The Kier molecular flexibility index (Phi) is 4.89. The number of allylic oxidation sites excluding steroid dienone is 1. The third kappa shape index (κ3) is 3.23. The molecule has 0 radical (unpaired) electrons. The normalized spacial score (nSPS) is 15.2. The molecule has 2 aliphatic rings. The van der Waals surface area contributed by atoms with Gasteiger partial charge in [-0.15, -0.1) is 0 Å². The van der Waals surface area contributed by atoms with Crippen molar-refractivity contribution in [2.45, 2.75) is 39.0 Å². The average Bonchev–Trinajstić information content (AvgIpc) is 3.26. The van der Waals surface area contributed by atoms with E-state index in [2.05, 4.69) is 54.7 Å². The molecule has 25 heavy (non-hydrogen) atoms. The lowest BCUT2D eigenvalue weighted by Gasteiger charge is -2.13. The van der Waals surface area contributed by atoms with Crippen LogP contribution in [0.1, 0.15) is 48.4 Å². The molecule has 1 aliphatic heterocycles. The van der Waals surface area contributed by atoms with Crippen LogP contribution in [0.2, 0.25) is 0 Å². The average molecular weight is 333 g/mol. The monoisotopic (exact) mass is 333 g/mol. The van der Waals surface area contributed by atoms with Crippen LogP contribution >= 0.6 is 0 Å². The van der Waals surface area contributed by atoms with Crippen molar-refractivity contribution < 1.29 is 4.74 Å². The Morgan fingerprint density at radius 1 is 1.04 bits per heavy atom. The molecule has 1 N–H and O–H groups in total. The van der Waals surface area contributed by atoms with E-state index in [0.29, 0.717) is 0 Å². The Morgan fingerprint density at radius 3 is 2.76 bits per heavy atom. The van der Waals surface area contributed by atoms with Gasteiger partial charge in [0.1, 0.15) is 5.75 Å². The van der Waals surface area contributed by atoms with Gasteiger partial charge in [0.05, 0.1) is 6.61 Å². The quantitative estimate of drug-likeness (QED) is 0.730. The minimum atomic E-state index is 0.828. The van der Waals surface area contributed by atoms with Crippen LogP contribution in [0, 0.1) is 0 Å². The molecule has 0 fully saturated rings. The Balaban J connectivity index is 1.67. The summed E-state index contributed by atoms with van der Waals surface area (Å²) >= 11 is 0. The third-order valence-corrected chi connectivity index (χ3v) is 5.38. The van der Waals surface area contributed by atoms with Crippen LogP contribution in [-0.4, -0.2) is 19.7 Å². The van der Waals surface area contributed by atoms with E-state index < -0.39 is 0 Å². The molecule has 2 aromatic rings. The zero-order valence-corrected chi connectivity index (χ0v) is 15.1. The summed E-state index contributed by atoms with van der Waals surface area (Å²) in [5, 5.41) is 3.62. The number of hydrogen-bond donors (Lipinski definition) is 1. The lowest BCUT2D eigenvalue weighted by molar-refractivity contribution is 0.357. The van der Waals surface area contributed by atoms with Gasteiger partial charge in [0.15, 0.2) is 0 Å². The maximum Gasteiger partial charge on any atom is 0.123 e. The van der Waals surface area contributed by atoms with Crippen molar-refractivity contribution in [2.24, 2.45) is 0 Å². The number of ether oxygens (including phenoxy) is 1. The number of fused-ring (bicyclic) bond motifs is 3. The highest BCUT2D eigenvalue weighted by atomic mass is 16.5. The van der Waals surface area contributed by atoms with E-state index in [-0.39, 0.29) is 0 Å². The number of nitrogens with one attached hydrogen (secondary N) is 1. The highest BCUT2D eigenvalue weighted by molar-refractivity contribution is 5.98. The van der Waals surface area contributed by atoms with Crippen molar-refractivity contribution in [1.82, 2.24) is 5.32 Å². The summed E-state index contributed by atoms with van der Waals surface area (Å²) in [6, 6.07) is 15.4. The maximum absolute atomic E-state index is 5.83. The van der Waals surface area contributed by atoms with Crippen LogP contribution < -0.4 is 10.1 Å². The van der Waals surface area contributed by atoms with Crippen LogP contribution in [0.4, 0.5) is 0 Å². The molecule has 0 atom stereocenters. The molecule has 4 rings (SSSR count). The van der Waals surface area contributed by atoms with Crippen molar-refractivity contribution in [2.75, 3.05) is 19.7 Å². The minimum Gasteiger partial charge on any atom is -0.493 e. The standard InChI is InChI=1S/C23H27NO/c1-2-3-13-24-14-11-19-21(17-7-5-4-6-8-17)16-18-9-10-22-20(23(18)19)12-15-25-22/h4-10,24H,2-3,11-16H2,1H3. The third-order valence-electron chi connectivity index (χ3n) is 5.38. The Bertz CT molecular complexity index is 776. The van der Waals surface area contributed by atoms with E-state index in [1.165, 1.54) is 46.2 Å². The first-order chi connectivity index (χ1) is 12.4. The van der Waals surface area contributed by atoms with Gasteiger partial charge in [-0.1, -0.05) is 49.7 Å². The number of unbranched alkanes of at least 4 members (excludes halogenated alkanes) is 1. The molecule has 0 unspecified atom stereocenters. The number of benzene rings is 2. The fraction of sp³-hybridized carbons (Fsp3) is 0.391. The van der Waals surface area contributed by atoms with Gasteiger partial charge in [-0.05, 0) is 66.3 Å². The fourth-order valence-corrected chi connectivity index (χ4v) is 4.13. The van der Waals surface area contributed by atoms with Crippen LogP contribution in [-0.2, 0) is 12.8 Å². The van der Waals surface area contributed by atoms with E-state index in [1.807, 2.05) is 0 Å². The van der Waals surface area contributed by atoms with Gasteiger partial charge in [-0.2, -0.15) is 0 Å². The molecular weight excluding hydrogens is 306 g/mol. The lowest BCUT2D eigenvalue weighted by Crippen LogP contribution is -2.17. The van der Waals surface area contributed by atoms with E-state index in [9.17, 15) is 0 Å². The molecule has 0 saturated heterocycles. The zero-order chi connectivity index (χ0) is 17.1. The highest BCUT2D eigenvalue weighted by Gasteiger charge is 2.28.